The van der Waals surface area contributed by atoms with Crippen LogP contribution in [0.15, 0.2) is 18.2 Å². The van der Waals surface area contributed by atoms with Crippen LogP contribution >= 0.6 is 0 Å². The average Bonchev–Trinajstić information content (AvgIpc) is 2.44. The molecule has 24 heavy (non-hydrogen) atoms. The van der Waals surface area contributed by atoms with E-state index in [9.17, 15) is 18.0 Å². The molecule has 0 spiro atoms. The molecule has 0 bridgehead atoms. The predicted octanol–water partition coefficient (Wildman–Crippen LogP) is 4.02. The highest BCUT2D eigenvalue weighted by Crippen LogP contribution is 2.34. The predicted molar refractivity (Wildman–Crippen MR) is 86.5 cm³/mol. The fourth-order valence-electron chi connectivity index (χ4n) is 2.16. The summed E-state index contributed by atoms with van der Waals surface area (Å²) in [5, 5.41) is 9.80. The molecule has 7 heteroatoms. The van der Waals surface area contributed by atoms with Crippen molar-refractivity contribution < 1.29 is 22.7 Å². The molecule has 1 aromatic carbocycles. The van der Waals surface area contributed by atoms with Crippen LogP contribution in [-0.2, 0) is 11.0 Å². The third kappa shape index (κ3) is 5.86. The van der Waals surface area contributed by atoms with Crippen LogP contribution in [0.3, 0.4) is 0 Å². The van der Waals surface area contributed by atoms with E-state index >= 15 is 0 Å². The standard InChI is InChI=1S/C17H23F3N2O2/c1-10(2)7-15(16(23)22-11(3)4)24-13-6-5-12(9-21)14(8-13)17(18,19)20/h5-6,8-11,15,21H,7H2,1-4H3,(H,22,23). The van der Waals surface area contributed by atoms with Crippen molar-refractivity contribution >= 4 is 12.1 Å². The van der Waals surface area contributed by atoms with Gasteiger partial charge in [0.1, 0.15) is 5.75 Å². The Morgan fingerprint density at radius 2 is 1.92 bits per heavy atom. The van der Waals surface area contributed by atoms with Crippen molar-refractivity contribution in [1.29, 1.82) is 5.41 Å². The van der Waals surface area contributed by atoms with Crippen molar-refractivity contribution in [3.8, 4) is 5.75 Å². The Kier molecular flexibility index (Phi) is 6.81. The summed E-state index contributed by atoms with van der Waals surface area (Å²) in [5.74, 6) is -0.267. The van der Waals surface area contributed by atoms with E-state index in [4.69, 9.17) is 10.1 Å². The highest BCUT2D eigenvalue weighted by atomic mass is 19.4. The molecule has 0 aliphatic rings. The van der Waals surface area contributed by atoms with Gasteiger partial charge in [-0.05, 0) is 44.4 Å². The minimum Gasteiger partial charge on any atom is -0.481 e. The minimum atomic E-state index is -4.60. The summed E-state index contributed by atoms with van der Waals surface area (Å²) in [7, 11) is 0. The van der Waals surface area contributed by atoms with Crippen molar-refractivity contribution in [1.82, 2.24) is 5.32 Å². The Morgan fingerprint density at radius 3 is 2.38 bits per heavy atom. The first-order valence-electron chi connectivity index (χ1n) is 7.73. The number of halogens is 3. The largest absolute Gasteiger partial charge is 0.481 e. The molecule has 0 aliphatic heterocycles. The lowest BCUT2D eigenvalue weighted by atomic mass is 10.0. The molecule has 4 nitrogen and oxygen atoms in total. The first-order chi connectivity index (χ1) is 11.0. The zero-order chi connectivity index (χ0) is 18.5. The van der Waals surface area contributed by atoms with Crippen molar-refractivity contribution in [2.75, 3.05) is 0 Å². The van der Waals surface area contributed by atoms with Gasteiger partial charge >= 0.3 is 6.18 Å². The molecular weight excluding hydrogens is 321 g/mol. The maximum absolute atomic E-state index is 13.1. The number of nitrogens with one attached hydrogen (secondary N) is 2. The molecule has 1 amide bonds. The highest BCUT2D eigenvalue weighted by Gasteiger charge is 2.34. The van der Waals surface area contributed by atoms with Gasteiger partial charge in [0.2, 0.25) is 0 Å². The van der Waals surface area contributed by atoms with Gasteiger partial charge in [0.15, 0.2) is 6.10 Å². The Hall–Kier alpha value is -2.05. The second-order valence-corrected chi connectivity index (χ2v) is 6.29. The Bertz CT molecular complexity index is 584. The lowest BCUT2D eigenvalue weighted by Crippen LogP contribution is -2.42. The third-order valence-electron chi connectivity index (χ3n) is 3.17. The molecule has 0 saturated carbocycles. The highest BCUT2D eigenvalue weighted by molar-refractivity contribution is 5.82. The van der Waals surface area contributed by atoms with Crippen LogP contribution in [0, 0.1) is 11.3 Å². The van der Waals surface area contributed by atoms with E-state index < -0.39 is 17.8 Å². The van der Waals surface area contributed by atoms with Crippen LogP contribution in [0.1, 0.15) is 45.2 Å². The summed E-state index contributed by atoms with van der Waals surface area (Å²) >= 11 is 0. The average molecular weight is 344 g/mol. The van der Waals surface area contributed by atoms with Crippen LogP contribution in [-0.4, -0.2) is 24.3 Å². The SMILES string of the molecule is CC(C)CC(Oc1ccc(C=N)c(C(F)(F)F)c1)C(=O)NC(C)C. The van der Waals surface area contributed by atoms with Crippen LogP contribution in [0.5, 0.6) is 5.75 Å². The maximum atomic E-state index is 13.1. The number of rotatable bonds is 7. The topological polar surface area (TPSA) is 62.2 Å². The van der Waals surface area contributed by atoms with Gasteiger partial charge in [-0.15, -0.1) is 0 Å². The molecule has 0 heterocycles. The van der Waals surface area contributed by atoms with Gasteiger partial charge in [-0.2, -0.15) is 13.2 Å². The molecule has 1 unspecified atom stereocenters. The van der Waals surface area contributed by atoms with Gasteiger partial charge in [0.25, 0.3) is 5.91 Å². The van der Waals surface area contributed by atoms with E-state index in [1.807, 2.05) is 13.8 Å². The van der Waals surface area contributed by atoms with E-state index in [2.05, 4.69) is 5.32 Å². The number of alkyl halides is 3. The van der Waals surface area contributed by atoms with Gasteiger partial charge in [0.05, 0.1) is 5.56 Å². The Balaban J connectivity index is 3.09. The van der Waals surface area contributed by atoms with Crippen molar-refractivity contribution in [2.45, 2.75) is 52.4 Å². The third-order valence-corrected chi connectivity index (χ3v) is 3.17. The number of hydrogen-bond acceptors (Lipinski definition) is 3. The lowest BCUT2D eigenvalue weighted by molar-refractivity contribution is -0.137. The van der Waals surface area contributed by atoms with Crippen LogP contribution in [0.25, 0.3) is 0 Å². The molecule has 0 saturated heterocycles. The Morgan fingerprint density at radius 1 is 1.29 bits per heavy atom. The first kappa shape index (κ1) is 20.0. The van der Waals surface area contributed by atoms with E-state index in [0.29, 0.717) is 12.6 Å². The van der Waals surface area contributed by atoms with Crippen LogP contribution in [0.4, 0.5) is 13.2 Å². The van der Waals surface area contributed by atoms with E-state index in [1.54, 1.807) is 13.8 Å². The molecule has 2 N–H and O–H groups in total. The van der Waals surface area contributed by atoms with Gasteiger partial charge in [-0.3, -0.25) is 4.79 Å². The number of hydrogen-bond donors (Lipinski definition) is 2. The van der Waals surface area contributed by atoms with Crippen molar-refractivity contribution in [3.05, 3.63) is 29.3 Å². The molecule has 0 aliphatic carbocycles. The van der Waals surface area contributed by atoms with Gasteiger partial charge in [-0.25, -0.2) is 0 Å². The fraction of sp³-hybridized carbons (Fsp3) is 0.529. The summed E-state index contributed by atoms with van der Waals surface area (Å²) in [4.78, 5) is 12.2. The number of amides is 1. The summed E-state index contributed by atoms with van der Waals surface area (Å²) in [6.07, 6.45) is -4.45. The summed E-state index contributed by atoms with van der Waals surface area (Å²) in [6, 6.07) is 3.24. The molecule has 0 fully saturated rings. The van der Waals surface area contributed by atoms with Gasteiger partial charge in [-0.1, -0.05) is 13.8 Å². The summed E-state index contributed by atoms with van der Waals surface area (Å²) in [5.41, 5.74) is -1.20. The molecule has 134 valence electrons. The smallest absolute Gasteiger partial charge is 0.417 e. The molecular formula is C17H23F3N2O2. The second kappa shape index (κ2) is 8.17. The van der Waals surface area contributed by atoms with E-state index in [-0.39, 0.29) is 29.2 Å². The molecule has 1 rings (SSSR count). The number of ether oxygens (including phenoxy) is 1. The van der Waals surface area contributed by atoms with Crippen molar-refractivity contribution in [2.24, 2.45) is 5.92 Å². The van der Waals surface area contributed by atoms with Crippen LogP contribution in [0.2, 0.25) is 0 Å². The summed E-state index contributed by atoms with van der Waals surface area (Å²) in [6.45, 7) is 7.40. The number of benzene rings is 1. The quantitative estimate of drug-likeness (QED) is 0.734. The molecule has 1 aromatic rings. The second-order valence-electron chi connectivity index (χ2n) is 6.29. The van der Waals surface area contributed by atoms with Crippen molar-refractivity contribution in [3.63, 3.8) is 0 Å². The minimum absolute atomic E-state index is 0.0440. The maximum Gasteiger partial charge on any atom is 0.417 e. The van der Waals surface area contributed by atoms with E-state index in [1.165, 1.54) is 6.07 Å². The first-order valence-corrected chi connectivity index (χ1v) is 7.73. The Labute approximate surface area is 139 Å². The van der Waals surface area contributed by atoms with E-state index in [0.717, 1.165) is 12.1 Å². The molecule has 1 atom stereocenters. The number of carbonyl (C=O) groups is 1. The normalized spacial score (nSPS) is 13.0. The van der Waals surface area contributed by atoms with Crippen LogP contribution < -0.4 is 10.1 Å². The van der Waals surface area contributed by atoms with Gasteiger partial charge in [0, 0.05) is 17.8 Å². The molecule has 0 aromatic heterocycles. The monoisotopic (exact) mass is 344 g/mol. The fourth-order valence-corrected chi connectivity index (χ4v) is 2.16. The lowest BCUT2D eigenvalue weighted by Gasteiger charge is -2.22. The summed E-state index contributed by atoms with van der Waals surface area (Å²) < 4.78 is 44.7. The zero-order valence-electron chi connectivity index (χ0n) is 14.2. The molecule has 0 radical (unpaired) electrons. The zero-order valence-corrected chi connectivity index (χ0v) is 14.2. The van der Waals surface area contributed by atoms with Gasteiger partial charge < -0.3 is 15.5 Å². The number of carbonyl (C=O) groups excluding carboxylic acids is 1.